The van der Waals surface area contributed by atoms with Crippen LogP contribution in [0.1, 0.15) is 23.4 Å². The second-order valence-electron chi connectivity index (χ2n) is 6.71. The zero-order valence-corrected chi connectivity index (χ0v) is 15.5. The fourth-order valence-electron chi connectivity index (χ4n) is 3.55. The number of carbonyl (C=O) groups is 1. The van der Waals surface area contributed by atoms with Gasteiger partial charge >= 0.3 is 0 Å². The Hall–Kier alpha value is -2.53. The molecule has 1 aromatic carbocycles. The molecule has 5 nitrogen and oxygen atoms in total. The third-order valence-electron chi connectivity index (χ3n) is 4.92. The molecule has 0 aliphatic heterocycles. The molecule has 3 aromatic rings. The van der Waals surface area contributed by atoms with Gasteiger partial charge in [0, 0.05) is 29.3 Å². The van der Waals surface area contributed by atoms with Gasteiger partial charge < -0.3 is 14.5 Å². The summed E-state index contributed by atoms with van der Waals surface area (Å²) >= 11 is 6.05. The maximum absolute atomic E-state index is 12.8. The fraction of sp³-hybridized carbons (Fsp3) is 0.300. The number of aromatic nitrogens is 2. The summed E-state index contributed by atoms with van der Waals surface area (Å²) in [5.74, 6) is 0.482. The molecule has 2 heterocycles. The molecule has 0 radical (unpaired) electrons. The lowest BCUT2D eigenvalue weighted by Gasteiger charge is -2.22. The molecule has 6 heteroatoms. The van der Waals surface area contributed by atoms with E-state index in [2.05, 4.69) is 28.8 Å². The van der Waals surface area contributed by atoms with E-state index >= 15 is 0 Å². The van der Waals surface area contributed by atoms with Crippen molar-refractivity contribution < 1.29 is 9.53 Å². The van der Waals surface area contributed by atoms with Gasteiger partial charge in [-0.15, -0.1) is 0 Å². The summed E-state index contributed by atoms with van der Waals surface area (Å²) in [4.78, 5) is 17.6. The van der Waals surface area contributed by atoms with Crippen LogP contribution in [0.5, 0.6) is 5.75 Å². The number of hydrogen-bond acceptors (Lipinski definition) is 3. The largest absolute Gasteiger partial charge is 0.495 e. The zero-order valence-electron chi connectivity index (χ0n) is 14.8. The minimum Gasteiger partial charge on any atom is -0.495 e. The zero-order chi connectivity index (χ0) is 18.3. The smallest absolute Gasteiger partial charge is 0.227 e. The van der Waals surface area contributed by atoms with Gasteiger partial charge in [0.05, 0.1) is 18.5 Å². The quantitative estimate of drug-likeness (QED) is 0.757. The first-order valence-corrected chi connectivity index (χ1v) is 9.04. The van der Waals surface area contributed by atoms with Crippen LogP contribution >= 0.6 is 11.6 Å². The van der Waals surface area contributed by atoms with E-state index in [-0.39, 0.29) is 11.8 Å². The molecule has 4 rings (SSSR count). The summed E-state index contributed by atoms with van der Waals surface area (Å²) in [5, 5.41) is 3.53. The molecule has 2 aromatic heterocycles. The predicted octanol–water partition coefficient (Wildman–Crippen LogP) is 4.05. The van der Waals surface area contributed by atoms with Gasteiger partial charge in [0.1, 0.15) is 11.4 Å². The Morgan fingerprint density at radius 1 is 1.35 bits per heavy atom. The number of fused-ring (bicyclic) bond motifs is 3. The van der Waals surface area contributed by atoms with E-state index in [0.717, 1.165) is 29.9 Å². The number of pyridine rings is 1. The molecule has 1 aliphatic carbocycles. The van der Waals surface area contributed by atoms with Crippen LogP contribution in [0.25, 0.3) is 5.65 Å². The standard InChI is InChI=1S/C20H20ClN3O2/c1-12-7-8-24-17-10-13(3-5-15(17)22-19(24)9-12)20(25)23-16-11-14(21)4-6-18(16)26-2/h4,6-9,11,13H,3,5,10H2,1-2H3,(H,23,25). The second kappa shape index (κ2) is 6.65. The van der Waals surface area contributed by atoms with Gasteiger partial charge in [-0.05, 0) is 55.7 Å². The van der Waals surface area contributed by atoms with E-state index in [1.54, 1.807) is 25.3 Å². The van der Waals surface area contributed by atoms with Crippen molar-refractivity contribution in [2.24, 2.45) is 5.92 Å². The molecule has 134 valence electrons. The maximum atomic E-state index is 12.8. The average molecular weight is 370 g/mol. The molecule has 1 amide bonds. The van der Waals surface area contributed by atoms with E-state index in [9.17, 15) is 4.79 Å². The minimum atomic E-state index is -0.104. The van der Waals surface area contributed by atoms with Crippen molar-refractivity contribution in [3.05, 3.63) is 58.5 Å². The first kappa shape index (κ1) is 16.9. The Kier molecular flexibility index (Phi) is 4.32. The number of nitrogens with one attached hydrogen (secondary N) is 1. The molecule has 0 saturated carbocycles. The van der Waals surface area contributed by atoms with Crippen molar-refractivity contribution >= 4 is 28.8 Å². The van der Waals surface area contributed by atoms with Crippen LogP contribution in [-0.2, 0) is 17.6 Å². The molecule has 1 aliphatic rings. The summed E-state index contributed by atoms with van der Waals surface area (Å²) < 4.78 is 7.41. The van der Waals surface area contributed by atoms with Gasteiger partial charge in [-0.25, -0.2) is 4.98 Å². The number of anilines is 1. The number of hydrogen-bond donors (Lipinski definition) is 1. The summed E-state index contributed by atoms with van der Waals surface area (Å²) in [5.41, 5.74) is 4.96. The van der Waals surface area contributed by atoms with Gasteiger partial charge in [0.2, 0.25) is 5.91 Å². The number of rotatable bonds is 3. The Bertz CT molecular complexity index is 996. The molecule has 0 saturated heterocycles. The lowest BCUT2D eigenvalue weighted by atomic mass is 9.89. The lowest BCUT2D eigenvalue weighted by Crippen LogP contribution is -2.28. The average Bonchev–Trinajstić information content (AvgIpc) is 2.98. The first-order chi connectivity index (χ1) is 12.5. The highest BCUT2D eigenvalue weighted by Gasteiger charge is 2.28. The lowest BCUT2D eigenvalue weighted by molar-refractivity contribution is -0.120. The van der Waals surface area contributed by atoms with Crippen LogP contribution in [-0.4, -0.2) is 22.4 Å². The number of aryl methyl sites for hydroxylation is 2. The van der Waals surface area contributed by atoms with E-state index in [1.165, 1.54) is 5.56 Å². The van der Waals surface area contributed by atoms with E-state index in [0.29, 0.717) is 22.9 Å². The van der Waals surface area contributed by atoms with Gasteiger partial charge in [0.15, 0.2) is 0 Å². The van der Waals surface area contributed by atoms with Gasteiger partial charge in [-0.2, -0.15) is 0 Å². The number of amides is 1. The predicted molar refractivity (Wildman–Crippen MR) is 102 cm³/mol. The van der Waals surface area contributed by atoms with Crippen molar-refractivity contribution in [1.82, 2.24) is 9.38 Å². The first-order valence-electron chi connectivity index (χ1n) is 8.66. The van der Waals surface area contributed by atoms with Crippen molar-refractivity contribution in [3.8, 4) is 5.75 Å². The summed E-state index contributed by atoms with van der Waals surface area (Å²) in [6.45, 7) is 2.06. The molecular weight excluding hydrogens is 350 g/mol. The number of benzene rings is 1. The number of halogens is 1. The molecule has 0 fully saturated rings. The van der Waals surface area contributed by atoms with Crippen LogP contribution in [0.2, 0.25) is 5.02 Å². The maximum Gasteiger partial charge on any atom is 0.227 e. The molecule has 1 N–H and O–H groups in total. The van der Waals surface area contributed by atoms with E-state index < -0.39 is 0 Å². The monoisotopic (exact) mass is 369 g/mol. The Balaban J connectivity index is 1.58. The molecular formula is C20H20ClN3O2. The minimum absolute atomic E-state index is 0.0155. The number of carbonyl (C=O) groups excluding carboxylic acids is 1. The number of methoxy groups -OCH3 is 1. The topological polar surface area (TPSA) is 55.6 Å². The number of ether oxygens (including phenoxy) is 1. The molecule has 1 atom stereocenters. The SMILES string of the molecule is COc1ccc(Cl)cc1NC(=O)C1CCc2nc3cc(C)ccn3c2C1. The Morgan fingerprint density at radius 2 is 2.19 bits per heavy atom. The van der Waals surface area contributed by atoms with Crippen LogP contribution < -0.4 is 10.1 Å². The van der Waals surface area contributed by atoms with E-state index in [4.69, 9.17) is 21.3 Å². The Labute approximate surface area is 157 Å². The number of imidazole rings is 1. The van der Waals surface area contributed by atoms with Crippen molar-refractivity contribution in [1.29, 1.82) is 0 Å². The highest BCUT2D eigenvalue weighted by molar-refractivity contribution is 6.31. The van der Waals surface area contributed by atoms with Crippen LogP contribution in [0.15, 0.2) is 36.5 Å². The van der Waals surface area contributed by atoms with Gasteiger partial charge in [-0.3, -0.25) is 4.79 Å². The number of nitrogens with zero attached hydrogens (tertiary/aromatic N) is 2. The van der Waals surface area contributed by atoms with Crippen LogP contribution in [0.3, 0.4) is 0 Å². The molecule has 1 unspecified atom stereocenters. The van der Waals surface area contributed by atoms with Gasteiger partial charge in [0.25, 0.3) is 0 Å². The Morgan fingerprint density at radius 3 is 3.00 bits per heavy atom. The summed E-state index contributed by atoms with van der Waals surface area (Å²) in [7, 11) is 1.58. The van der Waals surface area contributed by atoms with E-state index in [1.807, 2.05) is 6.20 Å². The van der Waals surface area contributed by atoms with Gasteiger partial charge in [-0.1, -0.05) is 11.6 Å². The second-order valence-corrected chi connectivity index (χ2v) is 7.15. The van der Waals surface area contributed by atoms with Crippen LogP contribution in [0.4, 0.5) is 5.69 Å². The summed E-state index contributed by atoms with van der Waals surface area (Å²) in [6, 6.07) is 9.34. The highest BCUT2D eigenvalue weighted by atomic mass is 35.5. The molecule has 0 bridgehead atoms. The van der Waals surface area contributed by atoms with Crippen molar-refractivity contribution in [2.45, 2.75) is 26.2 Å². The highest BCUT2D eigenvalue weighted by Crippen LogP contribution is 2.31. The fourth-order valence-corrected chi connectivity index (χ4v) is 3.72. The van der Waals surface area contributed by atoms with Crippen LogP contribution in [0, 0.1) is 12.8 Å². The molecule has 0 spiro atoms. The molecule has 26 heavy (non-hydrogen) atoms. The summed E-state index contributed by atoms with van der Waals surface area (Å²) in [6.07, 6.45) is 4.30. The van der Waals surface area contributed by atoms with Crippen molar-refractivity contribution in [3.63, 3.8) is 0 Å². The third-order valence-corrected chi connectivity index (χ3v) is 5.16. The normalized spacial score (nSPS) is 16.3. The van der Waals surface area contributed by atoms with Crippen molar-refractivity contribution in [2.75, 3.05) is 12.4 Å². The third kappa shape index (κ3) is 3.03.